The summed E-state index contributed by atoms with van der Waals surface area (Å²) in [4.78, 5) is 16.5. The highest BCUT2D eigenvalue weighted by atomic mass is 32.2. The van der Waals surface area contributed by atoms with Gasteiger partial charge in [0.05, 0.1) is 9.82 Å². The molecule has 1 aliphatic heterocycles. The number of nitro groups is 1. The fourth-order valence-corrected chi connectivity index (χ4v) is 4.27. The zero-order chi connectivity index (χ0) is 19.3. The van der Waals surface area contributed by atoms with Gasteiger partial charge in [-0.2, -0.15) is 0 Å². The molecular weight excluding hydrogens is 368 g/mol. The summed E-state index contributed by atoms with van der Waals surface area (Å²) in [5, 5.41) is 10.7. The van der Waals surface area contributed by atoms with E-state index in [9.17, 15) is 18.5 Å². The van der Waals surface area contributed by atoms with Gasteiger partial charge >= 0.3 is 0 Å². The predicted molar refractivity (Wildman–Crippen MR) is 101 cm³/mol. The van der Waals surface area contributed by atoms with Crippen LogP contribution >= 0.6 is 0 Å². The molecule has 0 atom stereocenters. The Bertz CT molecular complexity index is 864. The Hall–Kier alpha value is -2.36. The topological polar surface area (TPSA) is 105 Å². The number of likely N-dealkylation sites (tertiary alicyclic amines) is 1. The number of sulfonamides is 1. The summed E-state index contributed by atoms with van der Waals surface area (Å²) in [6.07, 6.45) is 5.42. The zero-order valence-corrected chi connectivity index (χ0v) is 15.6. The molecule has 1 aromatic heterocycles. The molecule has 144 valence electrons. The van der Waals surface area contributed by atoms with Crippen LogP contribution in [0.25, 0.3) is 0 Å². The summed E-state index contributed by atoms with van der Waals surface area (Å²) in [6.45, 7) is 3.10. The van der Waals surface area contributed by atoms with Crippen molar-refractivity contribution in [1.29, 1.82) is 0 Å². The third kappa shape index (κ3) is 5.31. The van der Waals surface area contributed by atoms with Crippen LogP contribution in [0.4, 0.5) is 5.69 Å². The first kappa shape index (κ1) is 19.4. The van der Waals surface area contributed by atoms with E-state index in [0.717, 1.165) is 32.5 Å². The SMILES string of the molecule is O=[N+]([O-])c1ccc(S(=O)(=O)NCC2CCN(Cc3ccncc3)CC2)cc1. The van der Waals surface area contributed by atoms with E-state index in [-0.39, 0.29) is 16.5 Å². The van der Waals surface area contributed by atoms with Crippen molar-refractivity contribution >= 4 is 15.7 Å². The molecule has 2 heterocycles. The second-order valence-electron chi connectivity index (χ2n) is 6.68. The number of benzene rings is 1. The number of nitrogens with one attached hydrogen (secondary N) is 1. The van der Waals surface area contributed by atoms with Gasteiger partial charge < -0.3 is 0 Å². The quantitative estimate of drug-likeness (QED) is 0.574. The minimum atomic E-state index is -3.66. The molecule has 1 aliphatic rings. The molecule has 1 N–H and O–H groups in total. The Labute approximate surface area is 158 Å². The largest absolute Gasteiger partial charge is 0.299 e. The molecule has 0 spiro atoms. The maximum absolute atomic E-state index is 12.4. The van der Waals surface area contributed by atoms with Gasteiger partial charge in [0, 0.05) is 37.6 Å². The first-order chi connectivity index (χ1) is 12.9. The second-order valence-corrected chi connectivity index (χ2v) is 8.44. The molecule has 0 amide bonds. The van der Waals surface area contributed by atoms with E-state index >= 15 is 0 Å². The van der Waals surface area contributed by atoms with Gasteiger partial charge in [0.25, 0.3) is 5.69 Å². The average molecular weight is 390 g/mol. The lowest BCUT2D eigenvalue weighted by Crippen LogP contribution is -2.38. The Morgan fingerprint density at radius 2 is 1.74 bits per heavy atom. The van der Waals surface area contributed by atoms with Crippen molar-refractivity contribution in [3.05, 3.63) is 64.5 Å². The number of aromatic nitrogens is 1. The molecule has 1 saturated heterocycles. The monoisotopic (exact) mass is 390 g/mol. The van der Waals surface area contributed by atoms with Crippen LogP contribution in [0.5, 0.6) is 0 Å². The number of hydrogen-bond acceptors (Lipinski definition) is 6. The summed E-state index contributed by atoms with van der Waals surface area (Å²) < 4.78 is 27.4. The van der Waals surface area contributed by atoms with Crippen LogP contribution in [-0.4, -0.2) is 42.9 Å². The van der Waals surface area contributed by atoms with Gasteiger partial charge in [0.2, 0.25) is 10.0 Å². The van der Waals surface area contributed by atoms with Gasteiger partial charge in [0.15, 0.2) is 0 Å². The van der Waals surface area contributed by atoms with Gasteiger partial charge in [-0.05, 0) is 61.7 Å². The molecular formula is C18H22N4O4S. The van der Waals surface area contributed by atoms with E-state index in [0.29, 0.717) is 6.54 Å². The smallest absolute Gasteiger partial charge is 0.269 e. The lowest BCUT2D eigenvalue weighted by atomic mass is 9.97. The van der Waals surface area contributed by atoms with E-state index < -0.39 is 14.9 Å². The van der Waals surface area contributed by atoms with Crippen LogP contribution in [0, 0.1) is 16.0 Å². The zero-order valence-electron chi connectivity index (χ0n) is 14.8. The van der Waals surface area contributed by atoms with Gasteiger partial charge in [-0.15, -0.1) is 0 Å². The molecule has 0 bridgehead atoms. The standard InChI is InChI=1S/C18H22N4O4S/c23-22(24)17-1-3-18(4-2-17)27(25,26)20-13-15-7-11-21(12-8-15)14-16-5-9-19-10-6-16/h1-6,9-10,15,20H,7-8,11-14H2. The first-order valence-electron chi connectivity index (χ1n) is 8.79. The molecule has 27 heavy (non-hydrogen) atoms. The van der Waals surface area contributed by atoms with Crippen LogP contribution in [0.15, 0.2) is 53.7 Å². The summed E-state index contributed by atoms with van der Waals surface area (Å²) in [6, 6.07) is 8.93. The van der Waals surface area contributed by atoms with E-state index in [1.54, 1.807) is 12.4 Å². The van der Waals surface area contributed by atoms with Crippen molar-refractivity contribution in [2.24, 2.45) is 5.92 Å². The van der Waals surface area contributed by atoms with E-state index in [1.807, 2.05) is 12.1 Å². The molecule has 0 saturated carbocycles. The van der Waals surface area contributed by atoms with Crippen molar-refractivity contribution in [3.8, 4) is 0 Å². The third-order valence-electron chi connectivity index (χ3n) is 4.78. The fraction of sp³-hybridized carbons (Fsp3) is 0.389. The number of pyridine rings is 1. The summed E-state index contributed by atoms with van der Waals surface area (Å²) in [7, 11) is -3.66. The normalized spacial score (nSPS) is 16.3. The molecule has 3 rings (SSSR count). The van der Waals surface area contributed by atoms with Crippen molar-refractivity contribution in [1.82, 2.24) is 14.6 Å². The molecule has 0 unspecified atom stereocenters. The van der Waals surface area contributed by atoms with Crippen LogP contribution in [0.1, 0.15) is 18.4 Å². The molecule has 2 aromatic rings. The maximum atomic E-state index is 12.4. The number of nitrogens with zero attached hydrogens (tertiary/aromatic N) is 3. The predicted octanol–water partition coefficient (Wildman–Crippen LogP) is 2.18. The highest BCUT2D eigenvalue weighted by Crippen LogP contribution is 2.20. The number of hydrogen-bond donors (Lipinski definition) is 1. The lowest BCUT2D eigenvalue weighted by molar-refractivity contribution is -0.384. The van der Waals surface area contributed by atoms with E-state index in [4.69, 9.17) is 0 Å². The van der Waals surface area contributed by atoms with Crippen molar-refractivity contribution in [3.63, 3.8) is 0 Å². The summed E-state index contributed by atoms with van der Waals surface area (Å²) in [5.41, 5.74) is 1.10. The molecule has 1 aromatic carbocycles. The average Bonchev–Trinajstić information content (AvgIpc) is 2.68. The number of piperidine rings is 1. The molecule has 1 fully saturated rings. The van der Waals surface area contributed by atoms with E-state index in [2.05, 4.69) is 14.6 Å². The fourth-order valence-electron chi connectivity index (χ4n) is 3.15. The van der Waals surface area contributed by atoms with Crippen LogP contribution in [0.3, 0.4) is 0 Å². The van der Waals surface area contributed by atoms with Gasteiger partial charge in [-0.3, -0.25) is 20.0 Å². The van der Waals surface area contributed by atoms with Gasteiger partial charge in [-0.25, -0.2) is 13.1 Å². The molecule has 8 nitrogen and oxygen atoms in total. The Morgan fingerprint density at radius 3 is 2.33 bits per heavy atom. The van der Waals surface area contributed by atoms with Gasteiger partial charge in [-0.1, -0.05) is 0 Å². The Kier molecular flexibility index (Phi) is 6.15. The minimum Gasteiger partial charge on any atom is -0.299 e. The first-order valence-corrected chi connectivity index (χ1v) is 10.3. The third-order valence-corrected chi connectivity index (χ3v) is 6.22. The van der Waals surface area contributed by atoms with Crippen LogP contribution in [0.2, 0.25) is 0 Å². The number of non-ortho nitro benzene ring substituents is 1. The summed E-state index contributed by atoms with van der Waals surface area (Å²) in [5.74, 6) is 0.284. The second kappa shape index (κ2) is 8.55. The maximum Gasteiger partial charge on any atom is 0.269 e. The Morgan fingerprint density at radius 1 is 1.11 bits per heavy atom. The number of rotatable bonds is 7. The highest BCUT2D eigenvalue weighted by Gasteiger charge is 2.22. The lowest BCUT2D eigenvalue weighted by Gasteiger charge is -2.32. The van der Waals surface area contributed by atoms with Crippen LogP contribution in [-0.2, 0) is 16.6 Å². The molecule has 9 heteroatoms. The molecule has 0 radical (unpaired) electrons. The van der Waals surface area contributed by atoms with Gasteiger partial charge in [0.1, 0.15) is 0 Å². The van der Waals surface area contributed by atoms with Crippen molar-refractivity contribution in [2.45, 2.75) is 24.3 Å². The van der Waals surface area contributed by atoms with E-state index in [1.165, 1.54) is 29.8 Å². The highest BCUT2D eigenvalue weighted by molar-refractivity contribution is 7.89. The molecule has 0 aliphatic carbocycles. The van der Waals surface area contributed by atoms with Crippen LogP contribution < -0.4 is 4.72 Å². The van der Waals surface area contributed by atoms with Crippen molar-refractivity contribution < 1.29 is 13.3 Å². The Balaban J connectivity index is 1.48. The number of nitro benzene ring substituents is 1. The summed E-state index contributed by atoms with van der Waals surface area (Å²) >= 11 is 0. The van der Waals surface area contributed by atoms with Crippen molar-refractivity contribution in [2.75, 3.05) is 19.6 Å². The minimum absolute atomic E-state index is 0.0447.